The average molecular weight is 282 g/mol. The van der Waals surface area contributed by atoms with Crippen LogP contribution in [0.25, 0.3) is 0 Å². The monoisotopic (exact) mass is 282 g/mol. The van der Waals surface area contributed by atoms with E-state index in [1.165, 1.54) is 18.2 Å². The van der Waals surface area contributed by atoms with Crippen LogP contribution in [0.2, 0.25) is 0 Å². The maximum absolute atomic E-state index is 13.6. The zero-order valence-electron chi connectivity index (χ0n) is 11.7. The Balaban J connectivity index is 2.09. The van der Waals surface area contributed by atoms with Crippen molar-refractivity contribution in [1.29, 1.82) is 0 Å². The summed E-state index contributed by atoms with van der Waals surface area (Å²) >= 11 is 0. The van der Waals surface area contributed by atoms with E-state index in [0.717, 1.165) is 25.9 Å². The Labute approximate surface area is 118 Å². The molecule has 0 saturated carbocycles. The van der Waals surface area contributed by atoms with Gasteiger partial charge in [-0.3, -0.25) is 4.79 Å². The van der Waals surface area contributed by atoms with E-state index in [2.05, 4.69) is 5.32 Å². The van der Waals surface area contributed by atoms with Crippen LogP contribution in [0, 0.1) is 11.6 Å². The third kappa shape index (κ3) is 3.33. The minimum atomic E-state index is -0.653. The molecule has 1 aliphatic rings. The van der Waals surface area contributed by atoms with Crippen LogP contribution >= 0.6 is 0 Å². The highest BCUT2D eigenvalue weighted by Crippen LogP contribution is 2.17. The van der Waals surface area contributed by atoms with Crippen LogP contribution in [0.3, 0.4) is 0 Å². The fraction of sp³-hybridized carbons (Fsp3) is 0.533. The maximum atomic E-state index is 13.6. The highest BCUT2D eigenvalue weighted by atomic mass is 19.1. The van der Waals surface area contributed by atoms with Crippen LogP contribution < -0.4 is 5.32 Å². The van der Waals surface area contributed by atoms with Crippen molar-refractivity contribution in [3.8, 4) is 0 Å². The zero-order valence-corrected chi connectivity index (χ0v) is 11.7. The molecule has 1 aromatic carbocycles. The molecule has 3 nitrogen and oxygen atoms in total. The van der Waals surface area contributed by atoms with Crippen molar-refractivity contribution in [3.63, 3.8) is 0 Å². The Bertz CT molecular complexity index is 453. The number of nitrogens with zero attached hydrogens (tertiary/aromatic N) is 1. The van der Waals surface area contributed by atoms with Gasteiger partial charge in [0.1, 0.15) is 11.6 Å². The molecule has 1 amide bonds. The smallest absolute Gasteiger partial charge is 0.227 e. The van der Waals surface area contributed by atoms with Crippen molar-refractivity contribution in [2.45, 2.75) is 32.2 Å². The minimum Gasteiger partial charge on any atom is -0.340 e. The minimum absolute atomic E-state index is 0.134. The average Bonchev–Trinajstić information content (AvgIpc) is 2.45. The van der Waals surface area contributed by atoms with E-state index < -0.39 is 11.6 Å². The Hall–Kier alpha value is -1.49. The molecule has 20 heavy (non-hydrogen) atoms. The zero-order chi connectivity index (χ0) is 14.5. The molecule has 2 rings (SSSR count). The number of halogens is 2. The second-order valence-electron chi connectivity index (χ2n) is 5.04. The molecule has 1 N–H and O–H groups in total. The number of hydrogen-bond donors (Lipinski definition) is 1. The van der Waals surface area contributed by atoms with Gasteiger partial charge in [0.05, 0.1) is 6.42 Å². The summed E-state index contributed by atoms with van der Waals surface area (Å²) in [7, 11) is 0. The topological polar surface area (TPSA) is 32.3 Å². The Morgan fingerprint density at radius 3 is 2.45 bits per heavy atom. The summed E-state index contributed by atoms with van der Waals surface area (Å²) in [6.45, 7) is 4.22. The third-order valence-electron chi connectivity index (χ3n) is 3.80. The number of rotatable bonds is 4. The molecule has 0 spiro atoms. The van der Waals surface area contributed by atoms with Gasteiger partial charge in [-0.15, -0.1) is 0 Å². The first kappa shape index (κ1) is 14.9. The molecule has 1 heterocycles. The first-order chi connectivity index (χ1) is 9.63. The summed E-state index contributed by atoms with van der Waals surface area (Å²) in [6, 6.07) is 3.85. The molecule has 0 unspecified atom stereocenters. The molecule has 1 fully saturated rings. The number of benzene rings is 1. The normalized spacial score (nSPS) is 16.1. The molecule has 0 bridgehead atoms. The second-order valence-corrected chi connectivity index (χ2v) is 5.04. The molecule has 1 aliphatic heterocycles. The van der Waals surface area contributed by atoms with Crippen molar-refractivity contribution in [2.24, 2.45) is 0 Å². The van der Waals surface area contributed by atoms with Gasteiger partial charge in [-0.2, -0.15) is 0 Å². The molecular weight excluding hydrogens is 262 g/mol. The number of nitrogens with one attached hydrogen (secondary N) is 1. The van der Waals surface area contributed by atoms with Gasteiger partial charge in [-0.05, 0) is 45.0 Å². The van der Waals surface area contributed by atoms with Crippen LogP contribution in [-0.4, -0.2) is 36.5 Å². The van der Waals surface area contributed by atoms with Crippen molar-refractivity contribution in [1.82, 2.24) is 10.2 Å². The van der Waals surface area contributed by atoms with Gasteiger partial charge in [-0.1, -0.05) is 6.07 Å². The van der Waals surface area contributed by atoms with Crippen LogP contribution in [0.15, 0.2) is 18.2 Å². The molecule has 0 aromatic heterocycles. The molecule has 1 aromatic rings. The first-order valence-electron chi connectivity index (χ1n) is 7.06. The van der Waals surface area contributed by atoms with E-state index >= 15 is 0 Å². The highest BCUT2D eigenvalue weighted by molar-refractivity contribution is 5.79. The van der Waals surface area contributed by atoms with Crippen LogP contribution in [-0.2, 0) is 11.2 Å². The highest BCUT2D eigenvalue weighted by Gasteiger charge is 2.25. The lowest BCUT2D eigenvalue weighted by Gasteiger charge is -2.34. The van der Waals surface area contributed by atoms with Gasteiger partial charge in [0.25, 0.3) is 0 Å². The van der Waals surface area contributed by atoms with Crippen molar-refractivity contribution in [3.05, 3.63) is 35.4 Å². The molecule has 5 heteroatoms. The molecule has 110 valence electrons. The van der Waals surface area contributed by atoms with Gasteiger partial charge >= 0.3 is 0 Å². The number of piperidine rings is 1. The number of carbonyl (C=O) groups excluding carboxylic acids is 1. The summed E-state index contributed by atoms with van der Waals surface area (Å²) in [5, 5.41) is 3.24. The van der Waals surface area contributed by atoms with Crippen LogP contribution in [0.5, 0.6) is 0 Å². The van der Waals surface area contributed by atoms with Crippen molar-refractivity contribution in [2.75, 3.05) is 19.6 Å². The first-order valence-corrected chi connectivity index (χ1v) is 7.06. The number of likely N-dealkylation sites (N-methyl/N-ethyl adjacent to an activating group) is 1. The Morgan fingerprint density at radius 2 is 1.90 bits per heavy atom. The van der Waals surface area contributed by atoms with E-state index in [1.807, 2.05) is 6.92 Å². The Morgan fingerprint density at radius 1 is 1.30 bits per heavy atom. The van der Waals surface area contributed by atoms with Crippen molar-refractivity contribution < 1.29 is 13.6 Å². The fourth-order valence-electron chi connectivity index (χ4n) is 2.71. The molecular formula is C15H20F2N2O. The number of hydrogen-bond acceptors (Lipinski definition) is 2. The van der Waals surface area contributed by atoms with E-state index in [4.69, 9.17) is 0 Å². The summed E-state index contributed by atoms with van der Waals surface area (Å²) in [4.78, 5) is 14.1. The van der Waals surface area contributed by atoms with E-state index in [-0.39, 0.29) is 23.9 Å². The van der Waals surface area contributed by atoms with Crippen LogP contribution in [0.1, 0.15) is 25.3 Å². The summed E-state index contributed by atoms with van der Waals surface area (Å²) < 4.78 is 27.2. The van der Waals surface area contributed by atoms with Crippen molar-refractivity contribution >= 4 is 5.91 Å². The molecule has 0 aliphatic carbocycles. The SMILES string of the molecule is CCN(C(=O)Cc1c(F)cccc1F)C1CCNCC1. The van der Waals surface area contributed by atoms with Gasteiger partial charge in [-0.25, -0.2) is 8.78 Å². The molecule has 0 atom stereocenters. The van der Waals surface area contributed by atoms with Crippen LogP contribution in [0.4, 0.5) is 8.78 Å². The van der Waals surface area contributed by atoms with E-state index in [9.17, 15) is 13.6 Å². The lowest BCUT2D eigenvalue weighted by Crippen LogP contribution is -2.46. The lowest BCUT2D eigenvalue weighted by atomic mass is 10.0. The molecule has 0 radical (unpaired) electrons. The number of amides is 1. The molecule has 1 saturated heterocycles. The van der Waals surface area contributed by atoms with Gasteiger partial charge in [0, 0.05) is 18.2 Å². The largest absolute Gasteiger partial charge is 0.340 e. The second kappa shape index (κ2) is 6.79. The summed E-state index contributed by atoms with van der Waals surface area (Å²) in [6.07, 6.45) is 1.56. The fourth-order valence-corrected chi connectivity index (χ4v) is 2.71. The van der Waals surface area contributed by atoms with E-state index in [0.29, 0.717) is 6.54 Å². The third-order valence-corrected chi connectivity index (χ3v) is 3.80. The summed E-state index contributed by atoms with van der Waals surface area (Å²) in [5.74, 6) is -1.51. The van der Waals surface area contributed by atoms with E-state index in [1.54, 1.807) is 4.90 Å². The standard InChI is InChI=1S/C15H20F2N2O/c1-2-19(11-6-8-18-9-7-11)15(20)10-12-13(16)4-3-5-14(12)17/h3-5,11,18H,2,6-10H2,1H3. The van der Waals surface area contributed by atoms with Gasteiger partial charge in [0.15, 0.2) is 0 Å². The predicted octanol–water partition coefficient (Wildman–Crippen LogP) is 2.11. The predicted molar refractivity (Wildman–Crippen MR) is 73.3 cm³/mol. The van der Waals surface area contributed by atoms with Gasteiger partial charge < -0.3 is 10.2 Å². The quantitative estimate of drug-likeness (QED) is 0.917. The number of carbonyl (C=O) groups is 1. The van der Waals surface area contributed by atoms with Gasteiger partial charge in [0.2, 0.25) is 5.91 Å². The lowest BCUT2D eigenvalue weighted by molar-refractivity contribution is -0.133. The summed E-state index contributed by atoms with van der Waals surface area (Å²) in [5.41, 5.74) is -0.134. The Kier molecular flexibility index (Phi) is 5.06. The maximum Gasteiger partial charge on any atom is 0.227 e.